The third-order valence-corrected chi connectivity index (χ3v) is 3.32. The van der Waals surface area contributed by atoms with Crippen LogP contribution in [0.2, 0.25) is 0 Å². The molecule has 2 aliphatic heterocycles. The van der Waals surface area contributed by atoms with Crippen molar-refractivity contribution in [3.63, 3.8) is 0 Å². The van der Waals surface area contributed by atoms with Gasteiger partial charge in [0.2, 0.25) is 5.91 Å². The van der Waals surface area contributed by atoms with E-state index in [-0.39, 0.29) is 30.4 Å². The zero-order valence-corrected chi connectivity index (χ0v) is 10.3. The van der Waals surface area contributed by atoms with Crippen molar-refractivity contribution in [2.24, 2.45) is 5.92 Å². The van der Waals surface area contributed by atoms with Crippen LogP contribution in [0.3, 0.4) is 0 Å². The third-order valence-electron chi connectivity index (χ3n) is 3.32. The van der Waals surface area contributed by atoms with Gasteiger partial charge in [-0.25, -0.2) is 4.79 Å². The minimum absolute atomic E-state index is 0.157. The number of esters is 1. The minimum Gasteiger partial charge on any atom is -0.469 e. The van der Waals surface area contributed by atoms with E-state index in [1.807, 2.05) is 4.90 Å². The van der Waals surface area contributed by atoms with E-state index in [0.717, 1.165) is 0 Å². The molecule has 7 heteroatoms. The van der Waals surface area contributed by atoms with Gasteiger partial charge in [-0.1, -0.05) is 0 Å². The van der Waals surface area contributed by atoms with Crippen LogP contribution in [0, 0.1) is 5.92 Å². The van der Waals surface area contributed by atoms with Gasteiger partial charge in [-0.3, -0.25) is 19.4 Å². The predicted molar refractivity (Wildman–Crippen MR) is 61.7 cm³/mol. The number of nitrogens with one attached hydrogen (secondary N) is 1. The molecule has 1 N–H and O–H groups in total. The van der Waals surface area contributed by atoms with Crippen LogP contribution in [0.1, 0.15) is 6.42 Å². The van der Waals surface area contributed by atoms with Crippen molar-refractivity contribution in [3.05, 3.63) is 0 Å². The highest BCUT2D eigenvalue weighted by Crippen LogP contribution is 2.17. The van der Waals surface area contributed by atoms with Gasteiger partial charge in [-0.15, -0.1) is 0 Å². The molecule has 0 aromatic heterocycles. The Morgan fingerprint density at radius 1 is 1.44 bits per heavy atom. The van der Waals surface area contributed by atoms with E-state index >= 15 is 0 Å². The summed E-state index contributed by atoms with van der Waals surface area (Å²) in [5.41, 5.74) is 0. The fourth-order valence-corrected chi connectivity index (χ4v) is 2.32. The molecule has 2 aliphatic rings. The molecule has 0 spiro atoms. The Balaban J connectivity index is 1.82. The third kappa shape index (κ3) is 2.61. The van der Waals surface area contributed by atoms with Gasteiger partial charge in [0.1, 0.15) is 0 Å². The number of rotatable bonds is 3. The van der Waals surface area contributed by atoms with Crippen molar-refractivity contribution in [3.8, 4) is 0 Å². The zero-order chi connectivity index (χ0) is 13.1. The lowest BCUT2D eigenvalue weighted by atomic mass is 10.1. The smallest absolute Gasteiger partial charge is 0.324 e. The number of imide groups is 1. The van der Waals surface area contributed by atoms with E-state index in [1.54, 1.807) is 0 Å². The molecule has 7 nitrogen and oxygen atoms in total. The van der Waals surface area contributed by atoms with E-state index in [0.29, 0.717) is 32.6 Å². The average Bonchev–Trinajstić information content (AvgIpc) is 2.97. The highest BCUT2D eigenvalue weighted by molar-refractivity contribution is 5.96. The molecule has 0 saturated carbocycles. The fraction of sp³-hybridized carbons (Fsp3) is 0.727. The Bertz CT molecular complexity index is 371. The van der Waals surface area contributed by atoms with Crippen LogP contribution < -0.4 is 5.32 Å². The molecule has 100 valence electrons. The van der Waals surface area contributed by atoms with Crippen molar-refractivity contribution in [2.75, 3.05) is 39.8 Å². The second kappa shape index (κ2) is 5.34. The molecule has 0 aliphatic carbocycles. The number of hydrogen-bond donors (Lipinski definition) is 1. The molecule has 18 heavy (non-hydrogen) atoms. The maximum Gasteiger partial charge on any atom is 0.324 e. The maximum atomic E-state index is 11.9. The van der Waals surface area contributed by atoms with E-state index in [1.165, 1.54) is 12.0 Å². The van der Waals surface area contributed by atoms with Gasteiger partial charge in [0, 0.05) is 19.6 Å². The van der Waals surface area contributed by atoms with Crippen LogP contribution in [0.25, 0.3) is 0 Å². The van der Waals surface area contributed by atoms with Gasteiger partial charge in [0.15, 0.2) is 0 Å². The SMILES string of the molecule is COC(=O)C1CCN(CC(=O)N2CCNC2=O)C1. The van der Waals surface area contributed by atoms with Gasteiger partial charge in [-0.2, -0.15) is 0 Å². The lowest BCUT2D eigenvalue weighted by molar-refractivity contribution is -0.145. The zero-order valence-electron chi connectivity index (χ0n) is 10.3. The summed E-state index contributed by atoms with van der Waals surface area (Å²) in [6, 6.07) is -0.330. The Morgan fingerprint density at radius 2 is 2.22 bits per heavy atom. The van der Waals surface area contributed by atoms with Crippen LogP contribution in [-0.2, 0) is 14.3 Å². The van der Waals surface area contributed by atoms with Crippen LogP contribution in [0.4, 0.5) is 4.79 Å². The first-order valence-electron chi connectivity index (χ1n) is 6.00. The van der Waals surface area contributed by atoms with Gasteiger partial charge >= 0.3 is 12.0 Å². The summed E-state index contributed by atoms with van der Waals surface area (Å²) in [6.07, 6.45) is 0.701. The summed E-state index contributed by atoms with van der Waals surface area (Å²) in [6.45, 7) is 2.32. The number of nitrogens with zero attached hydrogens (tertiary/aromatic N) is 2. The molecule has 0 radical (unpaired) electrons. The lowest BCUT2D eigenvalue weighted by Gasteiger charge is -2.18. The van der Waals surface area contributed by atoms with E-state index < -0.39 is 0 Å². The second-order valence-corrected chi connectivity index (χ2v) is 4.52. The highest BCUT2D eigenvalue weighted by atomic mass is 16.5. The molecule has 3 amide bonds. The Kier molecular flexibility index (Phi) is 3.81. The molecule has 2 fully saturated rings. The molecule has 2 heterocycles. The van der Waals surface area contributed by atoms with Crippen LogP contribution in [0.15, 0.2) is 0 Å². The van der Waals surface area contributed by atoms with Crippen LogP contribution in [-0.4, -0.2) is 67.5 Å². The topological polar surface area (TPSA) is 79.0 Å². The number of urea groups is 1. The number of carbonyl (C=O) groups is 3. The average molecular weight is 255 g/mol. The van der Waals surface area contributed by atoms with Gasteiger partial charge in [0.05, 0.1) is 19.6 Å². The number of ether oxygens (including phenoxy) is 1. The van der Waals surface area contributed by atoms with Gasteiger partial charge < -0.3 is 10.1 Å². The summed E-state index contributed by atoms with van der Waals surface area (Å²) in [4.78, 5) is 37.6. The maximum absolute atomic E-state index is 11.9. The summed E-state index contributed by atoms with van der Waals surface area (Å²) in [7, 11) is 1.37. The normalized spacial score (nSPS) is 24.2. The molecule has 0 bridgehead atoms. The van der Waals surface area contributed by atoms with Crippen molar-refractivity contribution >= 4 is 17.9 Å². The van der Waals surface area contributed by atoms with Crippen molar-refractivity contribution < 1.29 is 19.1 Å². The lowest BCUT2D eigenvalue weighted by Crippen LogP contribution is -2.41. The van der Waals surface area contributed by atoms with E-state index in [9.17, 15) is 14.4 Å². The molecule has 2 rings (SSSR count). The highest BCUT2D eigenvalue weighted by Gasteiger charge is 2.32. The van der Waals surface area contributed by atoms with Crippen LogP contribution >= 0.6 is 0 Å². The van der Waals surface area contributed by atoms with Gasteiger partial charge in [0.25, 0.3) is 0 Å². The fourth-order valence-electron chi connectivity index (χ4n) is 2.32. The summed E-state index contributed by atoms with van der Waals surface area (Å²) >= 11 is 0. The molecule has 0 aromatic carbocycles. The Morgan fingerprint density at radius 3 is 2.83 bits per heavy atom. The number of likely N-dealkylation sites (tertiary alicyclic amines) is 1. The second-order valence-electron chi connectivity index (χ2n) is 4.52. The molecular formula is C11H17N3O4. The Hall–Kier alpha value is -1.63. The summed E-state index contributed by atoms with van der Waals surface area (Å²) < 4.78 is 4.68. The number of hydrogen-bond acceptors (Lipinski definition) is 5. The quantitative estimate of drug-likeness (QED) is 0.657. The monoisotopic (exact) mass is 255 g/mol. The van der Waals surface area contributed by atoms with E-state index in [2.05, 4.69) is 10.1 Å². The largest absolute Gasteiger partial charge is 0.469 e. The van der Waals surface area contributed by atoms with Crippen molar-refractivity contribution in [2.45, 2.75) is 6.42 Å². The first-order valence-corrected chi connectivity index (χ1v) is 6.00. The standard InChI is InChI=1S/C11H17N3O4/c1-18-10(16)8-2-4-13(6-8)7-9(15)14-5-3-12-11(14)17/h8H,2-7H2,1H3,(H,12,17). The molecular weight excluding hydrogens is 238 g/mol. The Labute approximate surface area is 105 Å². The first-order chi connectivity index (χ1) is 8.61. The van der Waals surface area contributed by atoms with Crippen LogP contribution in [0.5, 0.6) is 0 Å². The molecule has 2 saturated heterocycles. The van der Waals surface area contributed by atoms with Crippen molar-refractivity contribution in [1.82, 2.24) is 15.1 Å². The summed E-state index contributed by atoms with van der Waals surface area (Å²) in [5, 5.41) is 2.59. The number of methoxy groups -OCH3 is 1. The molecule has 1 unspecified atom stereocenters. The predicted octanol–water partition coefficient (Wildman–Crippen LogP) is -0.967. The molecule has 0 aromatic rings. The van der Waals surface area contributed by atoms with E-state index in [4.69, 9.17) is 0 Å². The number of amides is 3. The van der Waals surface area contributed by atoms with Gasteiger partial charge in [-0.05, 0) is 13.0 Å². The van der Waals surface area contributed by atoms with Crippen molar-refractivity contribution in [1.29, 1.82) is 0 Å². The minimum atomic E-state index is -0.330. The number of carbonyl (C=O) groups excluding carboxylic acids is 3. The molecule has 1 atom stereocenters. The first kappa shape index (κ1) is 12.8. The summed E-state index contributed by atoms with van der Waals surface area (Å²) in [5.74, 6) is -0.602.